The number of aromatic nitrogens is 4. The van der Waals surface area contributed by atoms with E-state index in [4.69, 9.17) is 5.73 Å². The van der Waals surface area contributed by atoms with Gasteiger partial charge in [-0.2, -0.15) is 5.10 Å². The molecule has 0 spiro atoms. The molecule has 0 unspecified atom stereocenters. The van der Waals surface area contributed by atoms with Crippen LogP contribution in [0, 0.1) is 0 Å². The van der Waals surface area contributed by atoms with Crippen LogP contribution in [0.4, 0.5) is 17.5 Å². The van der Waals surface area contributed by atoms with Crippen molar-refractivity contribution in [1.29, 1.82) is 0 Å². The van der Waals surface area contributed by atoms with Crippen LogP contribution < -0.4 is 16.6 Å². The third-order valence-corrected chi connectivity index (χ3v) is 4.01. The number of nitrogen functional groups attached to an aromatic ring is 1. The number of anilines is 3. The lowest BCUT2D eigenvalue weighted by Crippen LogP contribution is -2.21. The Hall–Kier alpha value is -3.74. The van der Waals surface area contributed by atoms with Crippen molar-refractivity contribution in [1.82, 2.24) is 19.7 Å². The van der Waals surface area contributed by atoms with Gasteiger partial charge in [0.25, 0.3) is 5.56 Å². The molecule has 0 saturated carbocycles. The lowest BCUT2D eigenvalue weighted by molar-refractivity contribution is 0.768. The highest BCUT2D eigenvalue weighted by molar-refractivity contribution is 5.92. The average molecular weight is 344 g/mol. The second kappa shape index (κ2) is 6.64. The number of nitrogens with one attached hydrogen (secondary N) is 1. The van der Waals surface area contributed by atoms with Crippen molar-refractivity contribution in [2.45, 2.75) is 6.54 Å². The predicted octanol–water partition coefficient (Wildman–Crippen LogP) is 2.56. The van der Waals surface area contributed by atoms with Crippen molar-refractivity contribution in [2.24, 2.45) is 0 Å². The van der Waals surface area contributed by atoms with Gasteiger partial charge in [0.05, 0.1) is 11.9 Å². The van der Waals surface area contributed by atoms with Crippen LogP contribution >= 0.6 is 0 Å². The summed E-state index contributed by atoms with van der Waals surface area (Å²) >= 11 is 0. The van der Waals surface area contributed by atoms with Crippen LogP contribution in [-0.2, 0) is 6.54 Å². The van der Waals surface area contributed by atoms with Gasteiger partial charge in [-0.1, -0.05) is 30.3 Å². The van der Waals surface area contributed by atoms with Gasteiger partial charge in [-0.3, -0.25) is 4.79 Å². The fourth-order valence-electron chi connectivity index (χ4n) is 2.80. The topological polar surface area (TPSA) is 98.7 Å². The standard InChI is InChI=1S/C19H16N6O/c20-18-17-14(11-16(23-18)22-15-7-4-9-21-24-15)8-10-25(19(17)26)12-13-5-2-1-3-6-13/h1-11H,12H2,(H3,20,22,23,24). The van der Waals surface area contributed by atoms with Crippen LogP contribution in [0.2, 0.25) is 0 Å². The van der Waals surface area contributed by atoms with Crippen molar-refractivity contribution >= 4 is 28.2 Å². The summed E-state index contributed by atoms with van der Waals surface area (Å²) in [5.41, 5.74) is 6.95. The number of pyridine rings is 2. The van der Waals surface area contributed by atoms with E-state index in [0.29, 0.717) is 23.6 Å². The molecular weight excluding hydrogens is 328 g/mol. The quantitative estimate of drug-likeness (QED) is 0.590. The highest BCUT2D eigenvalue weighted by Crippen LogP contribution is 2.21. The van der Waals surface area contributed by atoms with E-state index in [9.17, 15) is 4.79 Å². The highest BCUT2D eigenvalue weighted by atomic mass is 16.1. The summed E-state index contributed by atoms with van der Waals surface area (Å²) in [4.78, 5) is 17.1. The molecule has 3 heterocycles. The van der Waals surface area contributed by atoms with E-state index in [1.54, 1.807) is 35.2 Å². The van der Waals surface area contributed by atoms with E-state index in [2.05, 4.69) is 20.5 Å². The van der Waals surface area contributed by atoms with Gasteiger partial charge in [0.15, 0.2) is 5.82 Å². The van der Waals surface area contributed by atoms with Gasteiger partial charge in [0.2, 0.25) is 0 Å². The predicted molar refractivity (Wildman–Crippen MR) is 101 cm³/mol. The summed E-state index contributed by atoms with van der Waals surface area (Å²) in [7, 11) is 0. The summed E-state index contributed by atoms with van der Waals surface area (Å²) in [5, 5.41) is 11.9. The Labute approximate surface area is 149 Å². The lowest BCUT2D eigenvalue weighted by Gasteiger charge is -2.10. The van der Waals surface area contributed by atoms with Crippen LogP contribution in [0.3, 0.4) is 0 Å². The Morgan fingerprint density at radius 1 is 1.04 bits per heavy atom. The first-order valence-corrected chi connectivity index (χ1v) is 8.09. The molecule has 3 N–H and O–H groups in total. The fourth-order valence-corrected chi connectivity index (χ4v) is 2.80. The smallest absolute Gasteiger partial charge is 0.262 e. The Morgan fingerprint density at radius 3 is 2.65 bits per heavy atom. The molecule has 0 atom stereocenters. The summed E-state index contributed by atoms with van der Waals surface area (Å²) in [6.07, 6.45) is 3.35. The maximum atomic E-state index is 12.8. The molecule has 0 fully saturated rings. The maximum Gasteiger partial charge on any atom is 0.262 e. The zero-order valence-electron chi connectivity index (χ0n) is 13.8. The van der Waals surface area contributed by atoms with E-state index in [0.717, 1.165) is 10.9 Å². The first-order chi connectivity index (χ1) is 12.7. The van der Waals surface area contributed by atoms with Crippen molar-refractivity contribution in [2.75, 3.05) is 11.1 Å². The Balaban J connectivity index is 1.72. The molecule has 0 amide bonds. The number of hydrogen-bond acceptors (Lipinski definition) is 6. The zero-order valence-corrected chi connectivity index (χ0v) is 13.8. The summed E-state index contributed by atoms with van der Waals surface area (Å²) in [5.74, 6) is 1.24. The highest BCUT2D eigenvalue weighted by Gasteiger charge is 2.10. The number of nitrogens with two attached hydrogens (primary N) is 1. The van der Waals surface area contributed by atoms with Crippen LogP contribution in [0.1, 0.15) is 5.56 Å². The number of rotatable bonds is 4. The van der Waals surface area contributed by atoms with Crippen molar-refractivity contribution in [3.05, 3.63) is 82.9 Å². The van der Waals surface area contributed by atoms with E-state index in [1.807, 2.05) is 36.4 Å². The van der Waals surface area contributed by atoms with E-state index < -0.39 is 0 Å². The normalized spacial score (nSPS) is 10.8. The molecule has 0 saturated heterocycles. The van der Waals surface area contributed by atoms with Crippen LogP contribution in [0.5, 0.6) is 0 Å². The minimum atomic E-state index is -0.164. The largest absolute Gasteiger partial charge is 0.383 e. The molecular formula is C19H16N6O. The molecule has 3 aromatic heterocycles. The summed E-state index contributed by atoms with van der Waals surface area (Å²) in [6.45, 7) is 0.481. The monoisotopic (exact) mass is 344 g/mol. The van der Waals surface area contributed by atoms with E-state index in [1.165, 1.54) is 0 Å². The van der Waals surface area contributed by atoms with Gasteiger partial charge in [-0.25, -0.2) is 4.98 Å². The molecule has 0 radical (unpaired) electrons. The van der Waals surface area contributed by atoms with Crippen molar-refractivity contribution in [3.63, 3.8) is 0 Å². The molecule has 0 aliphatic heterocycles. The average Bonchev–Trinajstić information content (AvgIpc) is 2.65. The molecule has 0 aliphatic carbocycles. The van der Waals surface area contributed by atoms with Gasteiger partial charge in [0, 0.05) is 12.4 Å². The number of benzene rings is 1. The van der Waals surface area contributed by atoms with Crippen LogP contribution in [-0.4, -0.2) is 19.7 Å². The molecule has 7 nitrogen and oxygen atoms in total. The number of nitrogens with zero attached hydrogens (tertiary/aromatic N) is 4. The molecule has 1 aromatic carbocycles. The van der Waals surface area contributed by atoms with Crippen LogP contribution in [0.25, 0.3) is 10.8 Å². The minimum absolute atomic E-state index is 0.164. The molecule has 26 heavy (non-hydrogen) atoms. The lowest BCUT2D eigenvalue weighted by atomic mass is 10.2. The molecule has 0 bridgehead atoms. The third-order valence-electron chi connectivity index (χ3n) is 4.01. The Bertz CT molecular complexity index is 1110. The summed E-state index contributed by atoms with van der Waals surface area (Å²) in [6, 6.07) is 17.0. The number of fused-ring (bicyclic) bond motifs is 1. The zero-order chi connectivity index (χ0) is 17.9. The molecule has 0 aliphatic rings. The van der Waals surface area contributed by atoms with E-state index >= 15 is 0 Å². The second-order valence-corrected chi connectivity index (χ2v) is 5.83. The van der Waals surface area contributed by atoms with Crippen molar-refractivity contribution < 1.29 is 0 Å². The Kier molecular flexibility index (Phi) is 4.03. The van der Waals surface area contributed by atoms with Crippen molar-refractivity contribution in [3.8, 4) is 0 Å². The van der Waals surface area contributed by atoms with Crippen LogP contribution in [0.15, 0.2) is 71.8 Å². The molecule has 4 aromatic rings. The van der Waals surface area contributed by atoms with Gasteiger partial charge < -0.3 is 15.6 Å². The van der Waals surface area contributed by atoms with Gasteiger partial charge in [-0.05, 0) is 35.2 Å². The SMILES string of the molecule is Nc1nc(Nc2cccnn2)cc2ccn(Cc3ccccc3)c(=O)c12. The molecule has 7 heteroatoms. The molecule has 4 rings (SSSR count). The fraction of sp³-hybridized carbons (Fsp3) is 0.0526. The Morgan fingerprint density at radius 2 is 1.88 bits per heavy atom. The first kappa shape index (κ1) is 15.8. The third kappa shape index (κ3) is 3.10. The minimum Gasteiger partial charge on any atom is -0.383 e. The second-order valence-electron chi connectivity index (χ2n) is 5.83. The molecule has 128 valence electrons. The first-order valence-electron chi connectivity index (χ1n) is 8.09. The van der Waals surface area contributed by atoms with Gasteiger partial charge in [-0.15, -0.1) is 5.10 Å². The number of hydrogen-bond donors (Lipinski definition) is 2. The van der Waals surface area contributed by atoms with E-state index in [-0.39, 0.29) is 11.4 Å². The maximum absolute atomic E-state index is 12.8. The van der Waals surface area contributed by atoms with Gasteiger partial charge in [0.1, 0.15) is 11.6 Å². The summed E-state index contributed by atoms with van der Waals surface area (Å²) < 4.78 is 1.63. The van der Waals surface area contributed by atoms with Gasteiger partial charge >= 0.3 is 0 Å².